The Morgan fingerprint density at radius 1 is 1.31 bits per heavy atom. The first-order valence-electron chi connectivity index (χ1n) is 4.08. The zero-order chi connectivity index (χ0) is 9.10. The van der Waals surface area contributed by atoms with Crippen LogP contribution in [0, 0.1) is 0 Å². The van der Waals surface area contributed by atoms with Crippen LogP contribution >= 0.6 is 0 Å². The predicted molar refractivity (Wildman–Crippen MR) is 51.5 cm³/mol. The first-order chi connectivity index (χ1) is 6.40. The van der Waals surface area contributed by atoms with Gasteiger partial charge in [0.1, 0.15) is 11.6 Å². The molecule has 2 aromatic heterocycles. The van der Waals surface area contributed by atoms with Gasteiger partial charge in [0, 0.05) is 18.8 Å². The van der Waals surface area contributed by atoms with Crippen molar-refractivity contribution in [3.8, 4) is 11.3 Å². The van der Waals surface area contributed by atoms with Gasteiger partial charge >= 0.3 is 0 Å². The lowest BCUT2D eigenvalue weighted by Crippen LogP contribution is -1.90. The third kappa shape index (κ3) is 1.54. The number of nitrogens with zero attached hydrogens (tertiary/aromatic N) is 1. The molecule has 0 fully saturated rings. The van der Waals surface area contributed by atoms with Gasteiger partial charge in [-0.15, -0.1) is 0 Å². The second-order valence-corrected chi connectivity index (χ2v) is 2.66. The standard InChI is InChI=1S/C10H10N2O/c1-11-10-5-4-8(7-12-10)9-3-2-6-13-9/h2-7H,1H3,(H,11,12). The van der Waals surface area contributed by atoms with E-state index in [-0.39, 0.29) is 0 Å². The molecule has 13 heavy (non-hydrogen) atoms. The van der Waals surface area contributed by atoms with E-state index in [1.54, 1.807) is 12.5 Å². The number of pyridine rings is 1. The first-order valence-corrected chi connectivity index (χ1v) is 4.08. The van der Waals surface area contributed by atoms with Crippen LogP contribution < -0.4 is 5.32 Å². The monoisotopic (exact) mass is 174 g/mol. The Balaban J connectivity index is 2.33. The molecule has 2 heterocycles. The largest absolute Gasteiger partial charge is 0.464 e. The summed E-state index contributed by atoms with van der Waals surface area (Å²) in [5.41, 5.74) is 0.990. The maximum absolute atomic E-state index is 5.23. The molecule has 0 amide bonds. The van der Waals surface area contributed by atoms with Crippen LogP contribution in [0.5, 0.6) is 0 Å². The third-order valence-corrected chi connectivity index (χ3v) is 1.83. The summed E-state index contributed by atoms with van der Waals surface area (Å²) in [4.78, 5) is 4.18. The smallest absolute Gasteiger partial charge is 0.135 e. The highest BCUT2D eigenvalue weighted by Gasteiger charge is 1.99. The molecule has 0 aliphatic carbocycles. The molecule has 3 nitrogen and oxygen atoms in total. The lowest BCUT2D eigenvalue weighted by Gasteiger charge is -1.99. The van der Waals surface area contributed by atoms with Crippen LogP contribution in [0.25, 0.3) is 11.3 Å². The van der Waals surface area contributed by atoms with Gasteiger partial charge in [-0.2, -0.15) is 0 Å². The van der Waals surface area contributed by atoms with E-state index in [4.69, 9.17) is 4.42 Å². The van der Waals surface area contributed by atoms with Crippen molar-refractivity contribution in [1.82, 2.24) is 4.98 Å². The molecule has 66 valence electrons. The Labute approximate surface area is 76.4 Å². The Kier molecular flexibility index (Phi) is 2.00. The highest BCUT2D eigenvalue weighted by atomic mass is 16.3. The van der Waals surface area contributed by atoms with Crippen LogP contribution in [-0.2, 0) is 0 Å². The van der Waals surface area contributed by atoms with E-state index in [1.165, 1.54) is 0 Å². The SMILES string of the molecule is CNc1ccc(-c2ccco2)cn1. The molecule has 0 aliphatic heterocycles. The summed E-state index contributed by atoms with van der Waals surface area (Å²) >= 11 is 0. The number of aromatic nitrogens is 1. The van der Waals surface area contributed by atoms with Gasteiger partial charge in [0.25, 0.3) is 0 Å². The Hall–Kier alpha value is -1.77. The maximum atomic E-state index is 5.23. The fraction of sp³-hybridized carbons (Fsp3) is 0.100. The molecule has 0 unspecified atom stereocenters. The highest BCUT2D eigenvalue weighted by molar-refractivity contribution is 5.57. The second-order valence-electron chi connectivity index (χ2n) is 2.66. The number of furan rings is 1. The minimum absolute atomic E-state index is 0.843. The van der Waals surface area contributed by atoms with E-state index >= 15 is 0 Å². The van der Waals surface area contributed by atoms with Crippen LogP contribution in [0.1, 0.15) is 0 Å². The summed E-state index contributed by atoms with van der Waals surface area (Å²) < 4.78 is 5.23. The van der Waals surface area contributed by atoms with Gasteiger partial charge in [-0.3, -0.25) is 0 Å². The fourth-order valence-electron chi connectivity index (χ4n) is 1.13. The molecule has 3 heteroatoms. The van der Waals surface area contributed by atoms with E-state index in [1.807, 2.05) is 31.3 Å². The van der Waals surface area contributed by atoms with E-state index in [0.717, 1.165) is 17.1 Å². The summed E-state index contributed by atoms with van der Waals surface area (Å²) in [5.74, 6) is 1.70. The van der Waals surface area contributed by atoms with E-state index < -0.39 is 0 Å². The number of rotatable bonds is 2. The van der Waals surface area contributed by atoms with Gasteiger partial charge in [0.15, 0.2) is 0 Å². The van der Waals surface area contributed by atoms with Crippen molar-refractivity contribution in [3.63, 3.8) is 0 Å². The molecule has 0 bridgehead atoms. The lowest BCUT2D eigenvalue weighted by molar-refractivity contribution is 0.582. The molecule has 0 spiro atoms. The normalized spacial score (nSPS) is 9.92. The van der Waals surface area contributed by atoms with Crippen molar-refractivity contribution < 1.29 is 4.42 Å². The summed E-state index contributed by atoms with van der Waals surface area (Å²) in [5, 5.41) is 2.96. The second kappa shape index (κ2) is 3.31. The minimum atomic E-state index is 0.843. The number of nitrogens with one attached hydrogen (secondary N) is 1. The molecule has 0 aliphatic rings. The molecule has 0 radical (unpaired) electrons. The van der Waals surface area contributed by atoms with Crippen molar-refractivity contribution in [2.24, 2.45) is 0 Å². The van der Waals surface area contributed by atoms with Crippen LogP contribution in [0.4, 0.5) is 5.82 Å². The van der Waals surface area contributed by atoms with E-state index in [0.29, 0.717) is 0 Å². The number of hydrogen-bond donors (Lipinski definition) is 1. The maximum Gasteiger partial charge on any atom is 0.135 e. The van der Waals surface area contributed by atoms with Crippen LogP contribution in [-0.4, -0.2) is 12.0 Å². The first kappa shape index (κ1) is 7.86. The van der Waals surface area contributed by atoms with Crippen molar-refractivity contribution in [3.05, 3.63) is 36.7 Å². The summed E-state index contributed by atoms with van der Waals surface area (Å²) in [6.45, 7) is 0. The van der Waals surface area contributed by atoms with Gasteiger partial charge in [-0.25, -0.2) is 4.98 Å². The molecular formula is C10H10N2O. The molecular weight excluding hydrogens is 164 g/mol. The Morgan fingerprint density at radius 3 is 2.77 bits per heavy atom. The number of anilines is 1. The minimum Gasteiger partial charge on any atom is -0.464 e. The summed E-state index contributed by atoms with van der Waals surface area (Å²) in [6.07, 6.45) is 3.44. The van der Waals surface area contributed by atoms with Gasteiger partial charge < -0.3 is 9.73 Å². The van der Waals surface area contributed by atoms with Crippen LogP contribution in [0.2, 0.25) is 0 Å². The molecule has 2 aromatic rings. The molecule has 1 N–H and O–H groups in total. The van der Waals surface area contributed by atoms with Gasteiger partial charge in [-0.05, 0) is 24.3 Å². The average molecular weight is 174 g/mol. The van der Waals surface area contributed by atoms with Crippen molar-refractivity contribution in [2.45, 2.75) is 0 Å². The predicted octanol–water partition coefficient (Wildman–Crippen LogP) is 2.38. The highest BCUT2D eigenvalue weighted by Crippen LogP contribution is 2.19. The zero-order valence-corrected chi connectivity index (χ0v) is 7.32. The average Bonchev–Trinajstić information content (AvgIpc) is 2.71. The molecule has 0 aromatic carbocycles. The van der Waals surface area contributed by atoms with Gasteiger partial charge in [0.2, 0.25) is 0 Å². The third-order valence-electron chi connectivity index (χ3n) is 1.83. The summed E-state index contributed by atoms with van der Waals surface area (Å²) in [7, 11) is 1.84. The van der Waals surface area contributed by atoms with Gasteiger partial charge in [-0.1, -0.05) is 0 Å². The van der Waals surface area contributed by atoms with Crippen LogP contribution in [0.15, 0.2) is 41.1 Å². The quantitative estimate of drug-likeness (QED) is 0.759. The van der Waals surface area contributed by atoms with E-state index in [9.17, 15) is 0 Å². The molecule has 0 atom stereocenters. The topological polar surface area (TPSA) is 38.1 Å². The number of hydrogen-bond acceptors (Lipinski definition) is 3. The van der Waals surface area contributed by atoms with Crippen molar-refractivity contribution in [1.29, 1.82) is 0 Å². The van der Waals surface area contributed by atoms with Crippen LogP contribution in [0.3, 0.4) is 0 Å². The molecule has 0 saturated carbocycles. The Morgan fingerprint density at radius 2 is 2.23 bits per heavy atom. The zero-order valence-electron chi connectivity index (χ0n) is 7.32. The van der Waals surface area contributed by atoms with Gasteiger partial charge in [0.05, 0.1) is 6.26 Å². The van der Waals surface area contributed by atoms with Crippen molar-refractivity contribution in [2.75, 3.05) is 12.4 Å². The fourth-order valence-corrected chi connectivity index (χ4v) is 1.13. The molecule has 0 saturated heterocycles. The van der Waals surface area contributed by atoms with E-state index in [2.05, 4.69) is 10.3 Å². The Bertz CT molecular complexity index is 364. The van der Waals surface area contributed by atoms with Crippen molar-refractivity contribution >= 4 is 5.82 Å². The lowest BCUT2D eigenvalue weighted by atomic mass is 10.2. The molecule has 2 rings (SSSR count). The summed E-state index contributed by atoms with van der Waals surface area (Å²) in [6, 6.07) is 7.66.